The third kappa shape index (κ3) is 1.72. The maximum Gasteiger partial charge on any atom is 0.298 e. The van der Waals surface area contributed by atoms with Crippen LogP contribution < -0.4 is 5.56 Å². The molecule has 0 radical (unpaired) electrons. The zero-order chi connectivity index (χ0) is 10.8. The van der Waals surface area contributed by atoms with Crippen LogP contribution >= 0.6 is 15.9 Å². The van der Waals surface area contributed by atoms with Gasteiger partial charge < -0.3 is 4.52 Å². The number of H-pyrrole nitrogens is 1. The molecule has 0 saturated carbocycles. The second kappa shape index (κ2) is 3.75. The van der Waals surface area contributed by atoms with Crippen LogP contribution in [0.5, 0.6) is 0 Å². The number of nitrogens with zero attached hydrogens (tertiary/aromatic N) is 1. The molecule has 0 spiro atoms. The Balaban J connectivity index is 2.65. The van der Waals surface area contributed by atoms with Crippen molar-refractivity contribution in [3.05, 3.63) is 44.7 Å². The van der Waals surface area contributed by atoms with Gasteiger partial charge in [0.15, 0.2) is 11.3 Å². The Labute approximate surface area is 93.2 Å². The van der Waals surface area contributed by atoms with Crippen molar-refractivity contribution in [1.29, 1.82) is 5.26 Å². The molecule has 0 unspecified atom stereocenters. The standard InChI is InChI=1S/C10H5BrN2O2/c11-7-3-1-2-6(4-7)9-8(5-12)10(14)13-15-9/h1-4H,(H,13,14). The zero-order valence-electron chi connectivity index (χ0n) is 7.45. The molecular formula is C10H5BrN2O2. The van der Waals surface area contributed by atoms with Crippen LogP contribution in [-0.4, -0.2) is 5.16 Å². The lowest BCUT2D eigenvalue weighted by Gasteiger charge is -1.96. The number of hydrogen-bond donors (Lipinski definition) is 1. The number of benzene rings is 1. The van der Waals surface area contributed by atoms with Crippen molar-refractivity contribution in [3.8, 4) is 17.4 Å². The second-order valence-electron chi connectivity index (χ2n) is 2.86. The van der Waals surface area contributed by atoms with Crippen LogP contribution in [0.2, 0.25) is 0 Å². The number of hydrogen-bond acceptors (Lipinski definition) is 3. The fourth-order valence-electron chi connectivity index (χ4n) is 1.24. The van der Waals surface area contributed by atoms with Gasteiger partial charge in [0, 0.05) is 10.0 Å². The van der Waals surface area contributed by atoms with Gasteiger partial charge in [-0.3, -0.25) is 4.79 Å². The number of rotatable bonds is 1. The molecule has 5 heteroatoms. The van der Waals surface area contributed by atoms with E-state index >= 15 is 0 Å². The summed E-state index contributed by atoms with van der Waals surface area (Å²) >= 11 is 3.30. The van der Waals surface area contributed by atoms with Gasteiger partial charge in [0.1, 0.15) is 6.07 Å². The van der Waals surface area contributed by atoms with Crippen LogP contribution in [0, 0.1) is 11.3 Å². The van der Waals surface area contributed by atoms with Crippen molar-refractivity contribution in [2.24, 2.45) is 0 Å². The molecular weight excluding hydrogens is 260 g/mol. The molecule has 0 bridgehead atoms. The molecule has 0 aliphatic heterocycles. The minimum absolute atomic E-state index is 0.00639. The molecule has 0 atom stereocenters. The monoisotopic (exact) mass is 264 g/mol. The lowest BCUT2D eigenvalue weighted by molar-refractivity contribution is 0.426. The van der Waals surface area contributed by atoms with Crippen molar-refractivity contribution in [3.63, 3.8) is 0 Å². The van der Waals surface area contributed by atoms with Crippen molar-refractivity contribution in [2.75, 3.05) is 0 Å². The summed E-state index contributed by atoms with van der Waals surface area (Å²) in [6, 6.07) is 8.99. The first-order chi connectivity index (χ1) is 7.22. The maximum atomic E-state index is 11.1. The number of nitrogens with one attached hydrogen (secondary N) is 1. The van der Waals surface area contributed by atoms with E-state index in [1.54, 1.807) is 18.2 Å². The minimum Gasteiger partial charge on any atom is -0.377 e. The number of aromatic amines is 1. The van der Waals surface area contributed by atoms with Gasteiger partial charge in [0.25, 0.3) is 5.56 Å². The normalized spacial score (nSPS) is 9.87. The molecule has 1 N–H and O–H groups in total. The fourth-order valence-corrected chi connectivity index (χ4v) is 1.64. The minimum atomic E-state index is -0.507. The zero-order valence-corrected chi connectivity index (χ0v) is 9.04. The van der Waals surface area contributed by atoms with E-state index in [0.29, 0.717) is 5.56 Å². The molecule has 15 heavy (non-hydrogen) atoms. The maximum absolute atomic E-state index is 11.1. The van der Waals surface area contributed by atoms with Gasteiger partial charge >= 0.3 is 0 Å². The van der Waals surface area contributed by atoms with Gasteiger partial charge in [0.05, 0.1) is 0 Å². The van der Waals surface area contributed by atoms with Gasteiger partial charge in [-0.05, 0) is 12.1 Å². The summed E-state index contributed by atoms with van der Waals surface area (Å²) in [4.78, 5) is 11.1. The summed E-state index contributed by atoms with van der Waals surface area (Å²) in [5, 5.41) is 10.9. The van der Waals surface area contributed by atoms with Crippen LogP contribution in [0.3, 0.4) is 0 Å². The van der Waals surface area contributed by atoms with Crippen molar-refractivity contribution < 1.29 is 4.52 Å². The Hall–Kier alpha value is -1.80. The van der Waals surface area contributed by atoms with Crippen molar-refractivity contribution >= 4 is 15.9 Å². The SMILES string of the molecule is N#Cc1c(-c2cccc(Br)c2)o[nH]c1=O. The molecule has 4 nitrogen and oxygen atoms in total. The number of nitriles is 1. The third-order valence-electron chi connectivity index (χ3n) is 1.90. The Morgan fingerprint density at radius 3 is 2.93 bits per heavy atom. The predicted octanol–water partition coefficient (Wildman–Crippen LogP) is 2.27. The largest absolute Gasteiger partial charge is 0.377 e. The first-order valence-corrected chi connectivity index (χ1v) is 4.89. The molecule has 1 aromatic carbocycles. The highest BCUT2D eigenvalue weighted by molar-refractivity contribution is 9.10. The average Bonchev–Trinajstić information content (AvgIpc) is 2.59. The van der Waals surface area contributed by atoms with E-state index < -0.39 is 5.56 Å². The Morgan fingerprint density at radius 2 is 2.27 bits per heavy atom. The average molecular weight is 265 g/mol. The smallest absolute Gasteiger partial charge is 0.298 e. The molecule has 2 rings (SSSR count). The highest BCUT2D eigenvalue weighted by Crippen LogP contribution is 2.23. The van der Waals surface area contributed by atoms with E-state index in [0.717, 1.165) is 4.47 Å². The van der Waals surface area contributed by atoms with Crippen molar-refractivity contribution in [1.82, 2.24) is 5.16 Å². The lowest BCUT2D eigenvalue weighted by atomic mass is 10.1. The molecule has 2 aromatic rings. The quantitative estimate of drug-likeness (QED) is 0.859. The van der Waals surface area contributed by atoms with Gasteiger partial charge in [-0.15, -0.1) is 0 Å². The summed E-state index contributed by atoms with van der Waals surface area (Å²) < 4.78 is 5.80. The fraction of sp³-hybridized carbons (Fsp3) is 0. The van der Waals surface area contributed by atoms with Gasteiger partial charge in [-0.1, -0.05) is 28.1 Å². The molecule has 0 amide bonds. The second-order valence-corrected chi connectivity index (χ2v) is 3.78. The summed E-state index contributed by atoms with van der Waals surface area (Å²) in [6.07, 6.45) is 0. The summed E-state index contributed by atoms with van der Waals surface area (Å²) in [5.74, 6) is 0.267. The lowest BCUT2D eigenvalue weighted by Crippen LogP contribution is -2.01. The third-order valence-corrected chi connectivity index (χ3v) is 2.39. The van der Waals surface area contributed by atoms with E-state index in [2.05, 4.69) is 21.1 Å². The molecule has 0 fully saturated rings. The van der Waals surface area contributed by atoms with Gasteiger partial charge in [-0.25, -0.2) is 0 Å². The first kappa shape index (κ1) is 9.74. The van der Waals surface area contributed by atoms with Crippen LogP contribution in [0.25, 0.3) is 11.3 Å². The van der Waals surface area contributed by atoms with Crippen LogP contribution in [-0.2, 0) is 0 Å². The molecule has 0 aliphatic carbocycles. The van der Waals surface area contributed by atoms with E-state index in [1.807, 2.05) is 12.1 Å². The van der Waals surface area contributed by atoms with Crippen molar-refractivity contribution in [2.45, 2.75) is 0 Å². The van der Waals surface area contributed by atoms with Crippen LogP contribution in [0.4, 0.5) is 0 Å². The number of aromatic nitrogens is 1. The summed E-state index contributed by atoms with van der Waals surface area (Å²) in [6.45, 7) is 0. The van der Waals surface area contributed by atoms with Crippen LogP contribution in [0.1, 0.15) is 5.56 Å². The molecule has 1 heterocycles. The Kier molecular flexibility index (Phi) is 2.44. The van der Waals surface area contributed by atoms with E-state index in [4.69, 9.17) is 9.78 Å². The summed E-state index contributed by atoms with van der Waals surface area (Å²) in [5.41, 5.74) is 0.167. The predicted molar refractivity (Wildman–Crippen MR) is 57.2 cm³/mol. The van der Waals surface area contributed by atoms with E-state index in [-0.39, 0.29) is 11.3 Å². The molecule has 0 saturated heterocycles. The van der Waals surface area contributed by atoms with E-state index in [1.165, 1.54) is 0 Å². The molecule has 0 aliphatic rings. The highest BCUT2D eigenvalue weighted by Gasteiger charge is 2.13. The number of halogens is 1. The molecule has 1 aromatic heterocycles. The highest BCUT2D eigenvalue weighted by atomic mass is 79.9. The topological polar surface area (TPSA) is 69.8 Å². The van der Waals surface area contributed by atoms with Gasteiger partial charge in [0.2, 0.25) is 0 Å². The van der Waals surface area contributed by atoms with Gasteiger partial charge in [-0.2, -0.15) is 10.4 Å². The molecule has 74 valence electrons. The Morgan fingerprint density at radius 1 is 1.47 bits per heavy atom. The first-order valence-electron chi connectivity index (χ1n) is 4.10. The Bertz CT molecular complexity index is 592. The summed E-state index contributed by atoms with van der Waals surface area (Å²) in [7, 11) is 0. The van der Waals surface area contributed by atoms with Crippen LogP contribution in [0.15, 0.2) is 38.1 Å². The van der Waals surface area contributed by atoms with E-state index in [9.17, 15) is 4.79 Å².